The maximum atomic E-state index is 11.2. The summed E-state index contributed by atoms with van der Waals surface area (Å²) in [6.45, 7) is 2.19. The summed E-state index contributed by atoms with van der Waals surface area (Å²) in [4.78, 5) is 21.7. The van der Waals surface area contributed by atoms with Gasteiger partial charge in [-0.25, -0.2) is 0 Å². The third-order valence-electron chi connectivity index (χ3n) is 2.46. The SMILES string of the molecule is CCCCCCCCC(=O)CCC(N)=O. The lowest BCUT2D eigenvalue weighted by atomic mass is 10.1. The molecule has 3 heteroatoms. The Bertz CT molecular complexity index is 190. The number of rotatable bonds is 10. The standard InChI is InChI=1S/C12H23NO2/c1-2-3-4-5-6-7-8-11(14)9-10-12(13)15/h2-10H2,1H3,(H2,13,15). The van der Waals surface area contributed by atoms with E-state index in [0.29, 0.717) is 12.8 Å². The van der Waals surface area contributed by atoms with Gasteiger partial charge in [-0.15, -0.1) is 0 Å². The van der Waals surface area contributed by atoms with Gasteiger partial charge >= 0.3 is 0 Å². The average Bonchev–Trinajstić information content (AvgIpc) is 2.20. The van der Waals surface area contributed by atoms with Crippen LogP contribution in [0.1, 0.15) is 64.7 Å². The summed E-state index contributed by atoms with van der Waals surface area (Å²) in [7, 11) is 0. The monoisotopic (exact) mass is 213 g/mol. The van der Waals surface area contributed by atoms with Crippen LogP contribution in [-0.4, -0.2) is 11.7 Å². The van der Waals surface area contributed by atoms with Crippen molar-refractivity contribution in [3.63, 3.8) is 0 Å². The summed E-state index contributed by atoms with van der Waals surface area (Å²) in [5.74, 6) is -0.212. The molecule has 0 saturated heterocycles. The molecule has 0 bridgehead atoms. The minimum absolute atomic E-state index is 0.171. The average molecular weight is 213 g/mol. The van der Waals surface area contributed by atoms with Crippen LogP contribution in [0.15, 0.2) is 0 Å². The van der Waals surface area contributed by atoms with Crippen molar-refractivity contribution in [1.29, 1.82) is 0 Å². The predicted octanol–water partition coefficient (Wildman–Crippen LogP) is 2.57. The van der Waals surface area contributed by atoms with Gasteiger partial charge in [0, 0.05) is 19.3 Å². The van der Waals surface area contributed by atoms with Crippen LogP contribution in [0.25, 0.3) is 0 Å². The van der Waals surface area contributed by atoms with E-state index in [1.54, 1.807) is 0 Å². The van der Waals surface area contributed by atoms with E-state index in [1.807, 2.05) is 0 Å². The molecule has 0 rings (SSSR count). The Morgan fingerprint density at radius 3 is 2.07 bits per heavy atom. The van der Waals surface area contributed by atoms with Crippen LogP contribution in [0.5, 0.6) is 0 Å². The van der Waals surface area contributed by atoms with Crippen molar-refractivity contribution in [3.05, 3.63) is 0 Å². The number of carbonyl (C=O) groups excluding carboxylic acids is 2. The van der Waals surface area contributed by atoms with E-state index < -0.39 is 0 Å². The number of hydrogen-bond donors (Lipinski definition) is 1. The molecule has 88 valence electrons. The van der Waals surface area contributed by atoms with Crippen molar-refractivity contribution in [2.75, 3.05) is 0 Å². The summed E-state index contributed by atoms with van der Waals surface area (Å²) in [5.41, 5.74) is 4.96. The second kappa shape index (κ2) is 9.69. The van der Waals surface area contributed by atoms with E-state index in [-0.39, 0.29) is 18.1 Å². The van der Waals surface area contributed by atoms with Gasteiger partial charge in [-0.05, 0) is 6.42 Å². The predicted molar refractivity (Wildman–Crippen MR) is 61.4 cm³/mol. The first kappa shape index (κ1) is 14.1. The summed E-state index contributed by atoms with van der Waals surface area (Å²) in [6, 6.07) is 0. The summed E-state index contributed by atoms with van der Waals surface area (Å²) < 4.78 is 0. The quantitative estimate of drug-likeness (QED) is 0.567. The van der Waals surface area contributed by atoms with E-state index in [1.165, 1.54) is 25.7 Å². The minimum Gasteiger partial charge on any atom is -0.370 e. The highest BCUT2D eigenvalue weighted by molar-refractivity contribution is 5.84. The number of nitrogens with two attached hydrogens (primary N) is 1. The van der Waals surface area contributed by atoms with Crippen molar-refractivity contribution >= 4 is 11.7 Å². The molecule has 3 nitrogen and oxygen atoms in total. The molecule has 0 spiro atoms. The Morgan fingerprint density at radius 1 is 0.867 bits per heavy atom. The first-order valence-electron chi connectivity index (χ1n) is 5.96. The van der Waals surface area contributed by atoms with Gasteiger partial charge < -0.3 is 5.73 Å². The Balaban J connectivity index is 3.20. The number of amides is 1. The number of unbranched alkanes of at least 4 members (excludes halogenated alkanes) is 5. The fourth-order valence-electron chi connectivity index (χ4n) is 1.49. The normalized spacial score (nSPS) is 10.2. The lowest BCUT2D eigenvalue weighted by molar-refractivity contribution is -0.123. The van der Waals surface area contributed by atoms with Crippen LogP contribution in [0.3, 0.4) is 0 Å². The van der Waals surface area contributed by atoms with Gasteiger partial charge in [-0.3, -0.25) is 9.59 Å². The highest BCUT2D eigenvalue weighted by atomic mass is 16.1. The Hall–Kier alpha value is -0.860. The van der Waals surface area contributed by atoms with Crippen molar-refractivity contribution in [2.24, 2.45) is 5.73 Å². The van der Waals surface area contributed by atoms with E-state index in [2.05, 4.69) is 6.92 Å². The molecule has 1 amide bonds. The van der Waals surface area contributed by atoms with Crippen LogP contribution in [-0.2, 0) is 9.59 Å². The van der Waals surface area contributed by atoms with Crippen molar-refractivity contribution in [2.45, 2.75) is 64.7 Å². The zero-order valence-electron chi connectivity index (χ0n) is 9.76. The molecule has 0 saturated carbocycles. The molecule has 0 unspecified atom stereocenters. The zero-order valence-corrected chi connectivity index (χ0v) is 9.76. The number of ketones is 1. The maximum Gasteiger partial charge on any atom is 0.217 e. The smallest absolute Gasteiger partial charge is 0.217 e. The molecular weight excluding hydrogens is 190 g/mol. The maximum absolute atomic E-state index is 11.2. The fraction of sp³-hybridized carbons (Fsp3) is 0.833. The van der Waals surface area contributed by atoms with E-state index >= 15 is 0 Å². The van der Waals surface area contributed by atoms with Gasteiger partial charge in [0.25, 0.3) is 0 Å². The Morgan fingerprint density at radius 2 is 1.47 bits per heavy atom. The van der Waals surface area contributed by atoms with Crippen LogP contribution < -0.4 is 5.73 Å². The summed E-state index contributed by atoms with van der Waals surface area (Å²) in [5, 5.41) is 0. The van der Waals surface area contributed by atoms with Gasteiger partial charge in [0.1, 0.15) is 5.78 Å². The van der Waals surface area contributed by atoms with E-state index in [0.717, 1.165) is 12.8 Å². The zero-order chi connectivity index (χ0) is 11.5. The summed E-state index contributed by atoms with van der Waals surface area (Å²) >= 11 is 0. The van der Waals surface area contributed by atoms with Crippen molar-refractivity contribution in [1.82, 2.24) is 0 Å². The molecular formula is C12H23NO2. The molecule has 2 N–H and O–H groups in total. The first-order valence-corrected chi connectivity index (χ1v) is 5.96. The van der Waals surface area contributed by atoms with E-state index in [4.69, 9.17) is 5.73 Å². The first-order chi connectivity index (χ1) is 7.16. The Kier molecular flexibility index (Phi) is 9.13. The Labute approximate surface area is 92.4 Å². The second-order valence-corrected chi connectivity index (χ2v) is 4.02. The molecule has 0 atom stereocenters. The lowest BCUT2D eigenvalue weighted by Crippen LogP contribution is -2.12. The topological polar surface area (TPSA) is 60.2 Å². The lowest BCUT2D eigenvalue weighted by Gasteiger charge is -2.00. The fourth-order valence-corrected chi connectivity index (χ4v) is 1.49. The molecule has 0 aliphatic rings. The molecule has 0 aliphatic heterocycles. The highest BCUT2D eigenvalue weighted by Gasteiger charge is 2.03. The molecule has 0 heterocycles. The van der Waals surface area contributed by atoms with Crippen molar-refractivity contribution in [3.8, 4) is 0 Å². The van der Waals surface area contributed by atoms with Gasteiger partial charge in [0.2, 0.25) is 5.91 Å². The molecule has 0 aromatic carbocycles. The number of hydrogen-bond acceptors (Lipinski definition) is 2. The molecule has 15 heavy (non-hydrogen) atoms. The third-order valence-corrected chi connectivity index (χ3v) is 2.46. The molecule has 0 aliphatic carbocycles. The van der Waals surface area contributed by atoms with Crippen LogP contribution in [0.4, 0.5) is 0 Å². The number of carbonyl (C=O) groups is 2. The van der Waals surface area contributed by atoms with Gasteiger partial charge in [0.15, 0.2) is 0 Å². The van der Waals surface area contributed by atoms with Crippen LogP contribution >= 0.6 is 0 Å². The number of Topliss-reactive ketones (excluding diaryl/α,β-unsaturated/α-hetero) is 1. The second-order valence-electron chi connectivity index (χ2n) is 4.02. The largest absolute Gasteiger partial charge is 0.370 e. The van der Waals surface area contributed by atoms with Crippen LogP contribution in [0, 0.1) is 0 Å². The summed E-state index contributed by atoms with van der Waals surface area (Å²) in [6.07, 6.45) is 8.25. The van der Waals surface area contributed by atoms with Gasteiger partial charge in [-0.1, -0.05) is 39.0 Å². The van der Waals surface area contributed by atoms with E-state index in [9.17, 15) is 9.59 Å². The molecule has 0 radical (unpaired) electrons. The van der Waals surface area contributed by atoms with Crippen LogP contribution in [0.2, 0.25) is 0 Å². The highest BCUT2D eigenvalue weighted by Crippen LogP contribution is 2.08. The molecule has 0 fully saturated rings. The number of primary amides is 1. The third kappa shape index (κ3) is 11.1. The van der Waals surface area contributed by atoms with Crippen molar-refractivity contribution < 1.29 is 9.59 Å². The minimum atomic E-state index is -0.383. The molecule has 0 aromatic rings. The molecule has 0 aromatic heterocycles. The van der Waals surface area contributed by atoms with Gasteiger partial charge in [0.05, 0.1) is 0 Å². The van der Waals surface area contributed by atoms with Gasteiger partial charge in [-0.2, -0.15) is 0 Å².